The molecule has 0 aromatic carbocycles. The molecule has 1 aliphatic rings. The van der Waals surface area contributed by atoms with Gasteiger partial charge in [-0.3, -0.25) is 4.68 Å². The zero-order valence-corrected chi connectivity index (χ0v) is 8.67. The van der Waals surface area contributed by atoms with Crippen molar-refractivity contribution in [3.05, 3.63) is 12.2 Å². The molecule has 6 nitrogen and oxygen atoms in total. The number of aromatic nitrogens is 3. The summed E-state index contributed by atoms with van der Waals surface area (Å²) in [5.74, 6) is 0.747. The van der Waals surface area contributed by atoms with E-state index in [0.29, 0.717) is 26.2 Å². The van der Waals surface area contributed by atoms with Gasteiger partial charge in [-0.05, 0) is 0 Å². The number of aryl methyl sites for hydroxylation is 1. The molecule has 0 radical (unpaired) electrons. The molecule has 15 heavy (non-hydrogen) atoms. The van der Waals surface area contributed by atoms with Crippen LogP contribution in [0.4, 0.5) is 0 Å². The normalized spacial score (nSPS) is 24.0. The van der Waals surface area contributed by atoms with E-state index < -0.39 is 6.10 Å². The summed E-state index contributed by atoms with van der Waals surface area (Å²) in [5, 5.41) is 13.8. The summed E-state index contributed by atoms with van der Waals surface area (Å²) in [7, 11) is 1.80. The van der Waals surface area contributed by atoms with Gasteiger partial charge in [-0.2, -0.15) is 5.10 Å². The van der Waals surface area contributed by atoms with E-state index >= 15 is 0 Å². The molecule has 2 unspecified atom stereocenters. The maximum absolute atomic E-state index is 9.88. The molecule has 0 saturated carbocycles. The van der Waals surface area contributed by atoms with Crippen molar-refractivity contribution < 1.29 is 14.6 Å². The number of aliphatic hydroxyl groups is 1. The van der Waals surface area contributed by atoms with Crippen LogP contribution in [0.2, 0.25) is 0 Å². The molecule has 6 heteroatoms. The predicted octanol–water partition coefficient (Wildman–Crippen LogP) is -0.866. The Balaban J connectivity index is 1.91. The number of aliphatic hydroxyl groups excluding tert-OH is 1. The molecular formula is C9H15N3O3. The predicted molar refractivity (Wildman–Crippen MR) is 51.3 cm³/mol. The second-order valence-corrected chi connectivity index (χ2v) is 3.56. The lowest BCUT2D eigenvalue weighted by molar-refractivity contribution is -0.131. The third-order valence-corrected chi connectivity index (χ3v) is 2.47. The van der Waals surface area contributed by atoms with Gasteiger partial charge < -0.3 is 14.6 Å². The van der Waals surface area contributed by atoms with E-state index in [0.717, 1.165) is 5.82 Å². The Kier molecular flexibility index (Phi) is 3.30. The van der Waals surface area contributed by atoms with Crippen molar-refractivity contribution in [3.8, 4) is 0 Å². The zero-order chi connectivity index (χ0) is 10.7. The third-order valence-electron chi connectivity index (χ3n) is 2.47. The van der Waals surface area contributed by atoms with Crippen molar-refractivity contribution in [2.75, 3.05) is 19.8 Å². The van der Waals surface area contributed by atoms with Crippen LogP contribution >= 0.6 is 0 Å². The first-order chi connectivity index (χ1) is 7.27. The smallest absolute Gasteiger partial charge is 0.138 e. The van der Waals surface area contributed by atoms with Crippen LogP contribution in [0.3, 0.4) is 0 Å². The fraction of sp³-hybridized carbons (Fsp3) is 0.778. The van der Waals surface area contributed by atoms with Crippen LogP contribution in [0.15, 0.2) is 6.33 Å². The van der Waals surface area contributed by atoms with E-state index in [1.165, 1.54) is 6.33 Å². The van der Waals surface area contributed by atoms with E-state index in [9.17, 15) is 5.11 Å². The van der Waals surface area contributed by atoms with Gasteiger partial charge in [0.1, 0.15) is 18.3 Å². The molecule has 1 N–H and O–H groups in total. The van der Waals surface area contributed by atoms with E-state index in [1.807, 2.05) is 0 Å². The summed E-state index contributed by atoms with van der Waals surface area (Å²) in [4.78, 5) is 4.05. The number of nitrogens with zero attached hydrogens (tertiary/aromatic N) is 3. The molecule has 2 atom stereocenters. The lowest BCUT2D eigenvalue weighted by Gasteiger charge is -2.26. The second kappa shape index (κ2) is 4.69. The molecule has 0 amide bonds. The Labute approximate surface area is 87.8 Å². The average Bonchev–Trinajstić information content (AvgIpc) is 2.66. The van der Waals surface area contributed by atoms with Crippen molar-refractivity contribution in [2.45, 2.75) is 18.6 Å². The van der Waals surface area contributed by atoms with Crippen LogP contribution in [0, 0.1) is 0 Å². The molecule has 0 aliphatic carbocycles. The van der Waals surface area contributed by atoms with Crippen molar-refractivity contribution in [2.24, 2.45) is 7.05 Å². The summed E-state index contributed by atoms with van der Waals surface area (Å²) < 4.78 is 12.3. The fourth-order valence-corrected chi connectivity index (χ4v) is 1.55. The Morgan fingerprint density at radius 3 is 3.13 bits per heavy atom. The topological polar surface area (TPSA) is 69.4 Å². The summed E-state index contributed by atoms with van der Waals surface area (Å²) in [6.07, 6.45) is 1.06. The highest BCUT2D eigenvalue weighted by atomic mass is 16.6. The largest absolute Gasteiger partial charge is 0.390 e. The van der Waals surface area contributed by atoms with Gasteiger partial charge in [0.15, 0.2) is 0 Å². The maximum atomic E-state index is 9.88. The van der Waals surface area contributed by atoms with Crippen LogP contribution in [0.25, 0.3) is 0 Å². The summed E-state index contributed by atoms with van der Waals surface area (Å²) in [6, 6.07) is 0. The summed E-state index contributed by atoms with van der Waals surface area (Å²) in [6.45, 7) is 1.59. The van der Waals surface area contributed by atoms with Crippen molar-refractivity contribution in [3.63, 3.8) is 0 Å². The first-order valence-corrected chi connectivity index (χ1v) is 4.97. The first-order valence-electron chi connectivity index (χ1n) is 4.97. The average molecular weight is 213 g/mol. The van der Waals surface area contributed by atoms with E-state index in [-0.39, 0.29) is 6.10 Å². The van der Waals surface area contributed by atoms with Crippen LogP contribution in [-0.4, -0.2) is 51.9 Å². The summed E-state index contributed by atoms with van der Waals surface area (Å²) >= 11 is 0. The minimum Gasteiger partial charge on any atom is -0.390 e. The van der Waals surface area contributed by atoms with Gasteiger partial charge in [0.25, 0.3) is 0 Å². The van der Waals surface area contributed by atoms with E-state index in [1.54, 1.807) is 11.7 Å². The molecule has 0 bridgehead atoms. The van der Waals surface area contributed by atoms with Gasteiger partial charge in [0, 0.05) is 13.5 Å². The summed E-state index contributed by atoms with van der Waals surface area (Å²) in [5.41, 5.74) is 0. The van der Waals surface area contributed by atoms with Crippen molar-refractivity contribution in [1.29, 1.82) is 0 Å². The quantitative estimate of drug-likeness (QED) is 0.707. The van der Waals surface area contributed by atoms with Crippen LogP contribution in [0.5, 0.6) is 0 Å². The van der Waals surface area contributed by atoms with E-state index in [4.69, 9.17) is 9.47 Å². The minimum absolute atomic E-state index is 0.254. The van der Waals surface area contributed by atoms with Crippen LogP contribution < -0.4 is 0 Å². The van der Waals surface area contributed by atoms with Gasteiger partial charge in [-0.25, -0.2) is 4.98 Å². The highest BCUT2D eigenvalue weighted by molar-refractivity contribution is 4.89. The van der Waals surface area contributed by atoms with Crippen molar-refractivity contribution in [1.82, 2.24) is 14.8 Å². The van der Waals surface area contributed by atoms with Gasteiger partial charge in [-0.1, -0.05) is 0 Å². The molecule has 1 fully saturated rings. The monoisotopic (exact) mass is 213 g/mol. The van der Waals surface area contributed by atoms with Gasteiger partial charge in [0.2, 0.25) is 0 Å². The van der Waals surface area contributed by atoms with Crippen LogP contribution in [0.1, 0.15) is 5.82 Å². The number of ether oxygens (including phenoxy) is 2. The van der Waals surface area contributed by atoms with Crippen LogP contribution in [-0.2, 0) is 22.9 Å². The zero-order valence-electron chi connectivity index (χ0n) is 8.67. The molecule has 0 spiro atoms. The molecule has 84 valence electrons. The Bertz CT molecular complexity index is 309. The standard InChI is InChI=1S/C9H15N3O3/c1-12-9(10-6-11-12)4-7(13)8-5-14-2-3-15-8/h6-8,13H,2-5H2,1H3. The second-order valence-electron chi connectivity index (χ2n) is 3.56. The molecule has 1 aliphatic heterocycles. The van der Waals surface area contributed by atoms with Gasteiger partial charge >= 0.3 is 0 Å². The Hall–Kier alpha value is -0.980. The minimum atomic E-state index is -0.590. The highest BCUT2D eigenvalue weighted by Gasteiger charge is 2.24. The number of rotatable bonds is 3. The molecule has 1 saturated heterocycles. The fourth-order valence-electron chi connectivity index (χ4n) is 1.55. The molecule has 2 heterocycles. The van der Waals surface area contributed by atoms with Gasteiger partial charge in [-0.15, -0.1) is 0 Å². The van der Waals surface area contributed by atoms with E-state index in [2.05, 4.69) is 10.1 Å². The molecular weight excluding hydrogens is 198 g/mol. The lowest BCUT2D eigenvalue weighted by Crippen LogP contribution is -2.40. The van der Waals surface area contributed by atoms with Crippen molar-refractivity contribution >= 4 is 0 Å². The third kappa shape index (κ3) is 2.53. The maximum Gasteiger partial charge on any atom is 0.138 e. The number of hydrogen-bond acceptors (Lipinski definition) is 5. The Morgan fingerprint density at radius 1 is 1.67 bits per heavy atom. The highest BCUT2D eigenvalue weighted by Crippen LogP contribution is 2.09. The SMILES string of the molecule is Cn1ncnc1CC(O)C1COCCO1. The molecule has 1 aromatic heterocycles. The molecule has 1 aromatic rings. The van der Waals surface area contributed by atoms with Gasteiger partial charge in [0.05, 0.1) is 25.9 Å². The lowest BCUT2D eigenvalue weighted by atomic mass is 10.1. The Morgan fingerprint density at radius 2 is 2.53 bits per heavy atom. The first kappa shape index (κ1) is 10.5. The number of hydrogen-bond donors (Lipinski definition) is 1. The molecule has 2 rings (SSSR count).